The van der Waals surface area contributed by atoms with Gasteiger partial charge in [0.15, 0.2) is 5.75 Å². The monoisotopic (exact) mass is 381 g/mol. The number of sulfonamides is 1. The summed E-state index contributed by atoms with van der Waals surface area (Å²) in [4.78, 5) is 11.7. The number of hydrogen-bond donors (Lipinski definition) is 1. The maximum atomic E-state index is 12.9. The average Bonchev–Trinajstić information content (AvgIpc) is 2.51. The lowest BCUT2D eigenvalue weighted by molar-refractivity contribution is -0.148. The smallest absolute Gasteiger partial charge is 0.324 e. The lowest BCUT2D eigenvalue weighted by Crippen LogP contribution is -2.48. The van der Waals surface area contributed by atoms with Crippen LogP contribution >= 0.6 is 23.2 Å². The Balaban J connectivity index is 2.46. The average molecular weight is 382 g/mol. The van der Waals surface area contributed by atoms with Gasteiger partial charge in [-0.15, -0.1) is 0 Å². The molecule has 1 N–H and O–H groups in total. The first-order chi connectivity index (χ1) is 10.8. The Morgan fingerprint density at radius 1 is 1.39 bits per heavy atom. The summed E-state index contributed by atoms with van der Waals surface area (Å²) < 4.78 is 31.8. The fraction of sp³-hybridized carbons (Fsp3) is 0.500. The van der Waals surface area contributed by atoms with Gasteiger partial charge >= 0.3 is 5.97 Å². The standard InChI is InChI=1S/C14H17Cl2NO5S/c1-2-22-14(19)11-5-3-4-6-17(11)23(20,21)12-8-9(15)7-10(16)13(12)18/h7-8,11,18H,2-6H2,1H3. The second-order valence-corrected chi connectivity index (χ2v) is 7.82. The number of hydrogen-bond acceptors (Lipinski definition) is 5. The van der Waals surface area contributed by atoms with Crippen molar-refractivity contribution in [2.75, 3.05) is 13.2 Å². The van der Waals surface area contributed by atoms with E-state index in [1.807, 2.05) is 0 Å². The van der Waals surface area contributed by atoms with Gasteiger partial charge in [0.1, 0.15) is 10.9 Å². The molecule has 23 heavy (non-hydrogen) atoms. The van der Waals surface area contributed by atoms with E-state index in [9.17, 15) is 18.3 Å². The maximum Gasteiger partial charge on any atom is 0.324 e. The van der Waals surface area contributed by atoms with Crippen LogP contribution in [0.25, 0.3) is 0 Å². The Morgan fingerprint density at radius 2 is 2.09 bits per heavy atom. The van der Waals surface area contributed by atoms with Crippen molar-refractivity contribution in [2.45, 2.75) is 37.1 Å². The SMILES string of the molecule is CCOC(=O)C1CCCCN1S(=O)(=O)c1cc(Cl)cc(Cl)c1O. The minimum absolute atomic E-state index is 0.0797. The number of halogens is 2. The number of carbonyl (C=O) groups excluding carboxylic acids is 1. The molecule has 9 heteroatoms. The summed E-state index contributed by atoms with van der Waals surface area (Å²) in [5.41, 5.74) is 0. The summed E-state index contributed by atoms with van der Waals surface area (Å²) in [6, 6.07) is 1.46. The van der Waals surface area contributed by atoms with Crippen molar-refractivity contribution in [3.05, 3.63) is 22.2 Å². The largest absolute Gasteiger partial charge is 0.505 e. The summed E-state index contributed by atoms with van der Waals surface area (Å²) in [7, 11) is -4.14. The Labute approximate surface area is 145 Å². The molecule has 1 aromatic rings. The van der Waals surface area contributed by atoms with Gasteiger partial charge < -0.3 is 9.84 Å². The molecule has 1 fully saturated rings. The third kappa shape index (κ3) is 3.74. The van der Waals surface area contributed by atoms with Crippen molar-refractivity contribution in [1.82, 2.24) is 4.31 Å². The van der Waals surface area contributed by atoms with E-state index in [0.717, 1.165) is 16.8 Å². The molecule has 0 radical (unpaired) electrons. The molecule has 1 atom stereocenters. The minimum Gasteiger partial charge on any atom is -0.505 e. The number of carbonyl (C=O) groups is 1. The number of piperidine rings is 1. The molecule has 0 spiro atoms. The number of nitrogens with zero attached hydrogens (tertiary/aromatic N) is 1. The van der Waals surface area contributed by atoms with E-state index >= 15 is 0 Å². The van der Waals surface area contributed by atoms with Crippen LogP contribution in [-0.2, 0) is 19.6 Å². The third-order valence-electron chi connectivity index (χ3n) is 3.59. The summed E-state index contributed by atoms with van der Waals surface area (Å²) in [5.74, 6) is -1.17. The zero-order valence-electron chi connectivity index (χ0n) is 12.5. The van der Waals surface area contributed by atoms with Crippen LogP contribution in [0, 0.1) is 0 Å². The molecule has 1 saturated heterocycles. The zero-order chi connectivity index (χ0) is 17.2. The van der Waals surface area contributed by atoms with Gasteiger partial charge in [-0.25, -0.2) is 8.42 Å². The van der Waals surface area contributed by atoms with E-state index < -0.39 is 32.7 Å². The van der Waals surface area contributed by atoms with E-state index in [1.54, 1.807) is 6.92 Å². The minimum atomic E-state index is -4.14. The van der Waals surface area contributed by atoms with Gasteiger partial charge in [-0.05, 0) is 38.3 Å². The van der Waals surface area contributed by atoms with E-state index in [-0.39, 0.29) is 23.2 Å². The van der Waals surface area contributed by atoms with Crippen LogP contribution in [0.4, 0.5) is 0 Å². The van der Waals surface area contributed by atoms with E-state index in [2.05, 4.69) is 0 Å². The number of esters is 1. The Bertz CT molecular complexity index is 707. The second-order valence-electron chi connectivity index (χ2n) is 5.11. The van der Waals surface area contributed by atoms with Crippen LogP contribution in [0.2, 0.25) is 10.0 Å². The molecule has 6 nitrogen and oxygen atoms in total. The van der Waals surface area contributed by atoms with Crippen LogP contribution in [0.3, 0.4) is 0 Å². The number of ether oxygens (including phenoxy) is 1. The molecule has 1 aliphatic rings. The third-order valence-corrected chi connectivity index (χ3v) is 6.02. The summed E-state index contributed by atoms with van der Waals surface area (Å²) in [5, 5.41) is 9.92. The van der Waals surface area contributed by atoms with Crippen LogP contribution in [0.1, 0.15) is 26.2 Å². The normalized spacial score (nSPS) is 19.5. The second kappa shape index (κ2) is 7.25. The van der Waals surface area contributed by atoms with Crippen molar-refractivity contribution < 1.29 is 23.1 Å². The van der Waals surface area contributed by atoms with Gasteiger partial charge in [0.25, 0.3) is 0 Å². The van der Waals surface area contributed by atoms with Crippen molar-refractivity contribution in [3.63, 3.8) is 0 Å². The molecule has 0 amide bonds. The Morgan fingerprint density at radius 3 is 2.74 bits per heavy atom. The fourth-order valence-electron chi connectivity index (χ4n) is 2.53. The number of phenols is 1. The molecule has 0 bridgehead atoms. The number of phenolic OH excluding ortho intramolecular Hbond substituents is 1. The van der Waals surface area contributed by atoms with Crippen molar-refractivity contribution in [1.29, 1.82) is 0 Å². The lowest BCUT2D eigenvalue weighted by atomic mass is 10.1. The highest BCUT2D eigenvalue weighted by molar-refractivity contribution is 7.89. The maximum absolute atomic E-state index is 12.9. The highest BCUT2D eigenvalue weighted by atomic mass is 35.5. The molecular weight excluding hydrogens is 365 g/mol. The molecule has 0 aliphatic carbocycles. The first-order valence-electron chi connectivity index (χ1n) is 7.15. The van der Waals surface area contributed by atoms with Crippen molar-refractivity contribution >= 4 is 39.2 Å². The summed E-state index contributed by atoms with van der Waals surface area (Å²) in [6.07, 6.45) is 1.70. The summed E-state index contributed by atoms with van der Waals surface area (Å²) in [6.45, 7) is 1.98. The highest BCUT2D eigenvalue weighted by Gasteiger charge is 2.40. The quantitative estimate of drug-likeness (QED) is 0.810. The predicted octanol–water partition coefficient (Wildman–Crippen LogP) is 2.81. The fourth-order valence-corrected chi connectivity index (χ4v) is 4.92. The van der Waals surface area contributed by atoms with Crippen molar-refractivity contribution in [2.24, 2.45) is 0 Å². The van der Waals surface area contributed by atoms with E-state index in [0.29, 0.717) is 12.8 Å². The van der Waals surface area contributed by atoms with Crippen molar-refractivity contribution in [3.8, 4) is 5.75 Å². The molecule has 128 valence electrons. The number of aromatic hydroxyl groups is 1. The van der Waals surface area contributed by atoms with Crippen LogP contribution in [0.15, 0.2) is 17.0 Å². The van der Waals surface area contributed by atoms with Gasteiger partial charge in [0.05, 0.1) is 11.6 Å². The number of benzene rings is 1. The van der Waals surface area contributed by atoms with Gasteiger partial charge in [0.2, 0.25) is 10.0 Å². The first-order valence-corrected chi connectivity index (χ1v) is 9.35. The first kappa shape index (κ1) is 18.3. The Kier molecular flexibility index (Phi) is 5.78. The lowest BCUT2D eigenvalue weighted by Gasteiger charge is -2.33. The molecule has 2 rings (SSSR count). The summed E-state index contributed by atoms with van der Waals surface area (Å²) >= 11 is 11.6. The number of rotatable bonds is 4. The van der Waals surface area contributed by atoms with Gasteiger partial charge in [-0.1, -0.05) is 23.2 Å². The van der Waals surface area contributed by atoms with Crippen LogP contribution < -0.4 is 0 Å². The van der Waals surface area contributed by atoms with Gasteiger partial charge in [0, 0.05) is 11.6 Å². The van der Waals surface area contributed by atoms with E-state index in [4.69, 9.17) is 27.9 Å². The highest BCUT2D eigenvalue weighted by Crippen LogP contribution is 2.37. The Hall–Kier alpha value is -1.02. The predicted molar refractivity (Wildman–Crippen MR) is 86.3 cm³/mol. The van der Waals surface area contributed by atoms with Gasteiger partial charge in [-0.3, -0.25) is 4.79 Å². The van der Waals surface area contributed by atoms with Gasteiger partial charge in [-0.2, -0.15) is 4.31 Å². The molecule has 1 unspecified atom stereocenters. The van der Waals surface area contributed by atoms with Crippen LogP contribution in [0.5, 0.6) is 5.75 Å². The molecular formula is C14H17Cl2NO5S. The topological polar surface area (TPSA) is 83.9 Å². The molecule has 1 aliphatic heterocycles. The van der Waals surface area contributed by atoms with E-state index in [1.165, 1.54) is 6.07 Å². The van der Waals surface area contributed by atoms with Crippen LogP contribution in [-0.4, -0.2) is 43.0 Å². The molecule has 1 aromatic carbocycles. The zero-order valence-corrected chi connectivity index (χ0v) is 14.8. The molecule has 0 aromatic heterocycles. The molecule has 1 heterocycles. The molecule has 0 saturated carbocycles.